The summed E-state index contributed by atoms with van der Waals surface area (Å²) in [5.41, 5.74) is 2.71. The fourth-order valence-electron chi connectivity index (χ4n) is 1.79. The molecule has 0 bridgehead atoms. The molecule has 1 aromatic rings. The quantitative estimate of drug-likeness (QED) is 0.564. The molecule has 1 aliphatic heterocycles. The van der Waals surface area contributed by atoms with Crippen molar-refractivity contribution in [2.75, 3.05) is 0 Å². The highest BCUT2D eigenvalue weighted by molar-refractivity contribution is 5.64. The molecule has 0 spiro atoms. The van der Waals surface area contributed by atoms with E-state index < -0.39 is 0 Å². The Bertz CT molecular complexity index is 352. The number of hydrogen-bond acceptors (Lipinski definition) is 1. The molecule has 1 nitrogen and oxygen atoms in total. The van der Waals surface area contributed by atoms with E-state index in [1.54, 1.807) is 0 Å². The van der Waals surface area contributed by atoms with Crippen LogP contribution in [-0.4, -0.2) is 6.10 Å². The summed E-state index contributed by atoms with van der Waals surface area (Å²) in [5, 5.41) is 0. The maximum absolute atomic E-state index is 5.76. The lowest BCUT2D eigenvalue weighted by Gasteiger charge is -2.34. The van der Waals surface area contributed by atoms with E-state index in [1.165, 1.54) is 24.0 Å². The van der Waals surface area contributed by atoms with Crippen molar-refractivity contribution in [1.29, 1.82) is 0 Å². The molecule has 1 heterocycles. The van der Waals surface area contributed by atoms with Crippen molar-refractivity contribution >= 4 is 6.08 Å². The molecule has 12 heavy (non-hydrogen) atoms. The summed E-state index contributed by atoms with van der Waals surface area (Å²) in [4.78, 5) is 0. The van der Waals surface area contributed by atoms with Crippen molar-refractivity contribution in [2.45, 2.75) is 18.9 Å². The van der Waals surface area contributed by atoms with Crippen LogP contribution in [0.2, 0.25) is 0 Å². The van der Waals surface area contributed by atoms with Crippen LogP contribution in [0.1, 0.15) is 18.4 Å². The molecule has 1 atom stereocenters. The van der Waals surface area contributed by atoms with Gasteiger partial charge in [-0.2, -0.15) is 0 Å². The van der Waals surface area contributed by atoms with Crippen molar-refractivity contribution in [3.8, 4) is 5.75 Å². The average molecular weight is 158 g/mol. The molecule has 1 fully saturated rings. The Hall–Kier alpha value is -1.24. The molecule has 1 unspecified atom stereocenters. The zero-order valence-corrected chi connectivity index (χ0v) is 6.79. The van der Waals surface area contributed by atoms with Gasteiger partial charge in [-0.3, -0.25) is 0 Å². The molecule has 0 N–H and O–H groups in total. The maximum atomic E-state index is 5.76. The van der Waals surface area contributed by atoms with Crippen LogP contribution in [0.5, 0.6) is 5.75 Å². The molecule has 3 rings (SSSR count). The first-order valence-corrected chi connectivity index (χ1v) is 4.40. The van der Waals surface area contributed by atoms with Gasteiger partial charge in [-0.15, -0.1) is 0 Å². The summed E-state index contributed by atoms with van der Waals surface area (Å²) in [5.74, 6) is 1.05. The third-order valence-electron chi connectivity index (χ3n) is 2.64. The van der Waals surface area contributed by atoms with E-state index in [4.69, 9.17) is 4.74 Å². The summed E-state index contributed by atoms with van der Waals surface area (Å²) in [6.45, 7) is 0. The largest absolute Gasteiger partial charge is 0.485 e. The Morgan fingerprint density at radius 2 is 2.17 bits per heavy atom. The summed E-state index contributed by atoms with van der Waals surface area (Å²) in [6, 6.07) is 8.23. The van der Waals surface area contributed by atoms with Gasteiger partial charge in [0.25, 0.3) is 0 Å². The maximum Gasteiger partial charge on any atom is 0.127 e. The number of rotatable bonds is 0. The third-order valence-corrected chi connectivity index (χ3v) is 2.64. The van der Waals surface area contributed by atoms with E-state index in [-0.39, 0.29) is 0 Å². The van der Waals surface area contributed by atoms with Crippen molar-refractivity contribution in [3.05, 3.63) is 35.4 Å². The van der Waals surface area contributed by atoms with Gasteiger partial charge in [-0.25, -0.2) is 0 Å². The second kappa shape index (κ2) is 2.13. The van der Waals surface area contributed by atoms with E-state index in [9.17, 15) is 0 Å². The van der Waals surface area contributed by atoms with E-state index in [0.717, 1.165) is 5.75 Å². The summed E-state index contributed by atoms with van der Waals surface area (Å²) in [6.07, 6.45) is 5.09. The van der Waals surface area contributed by atoms with Gasteiger partial charge in [0.1, 0.15) is 11.9 Å². The minimum atomic E-state index is 0.403. The predicted molar refractivity (Wildman–Crippen MR) is 48.1 cm³/mol. The van der Waals surface area contributed by atoms with Crippen LogP contribution in [-0.2, 0) is 0 Å². The third kappa shape index (κ3) is 0.737. The van der Waals surface area contributed by atoms with Gasteiger partial charge in [-0.05, 0) is 30.6 Å². The zero-order chi connectivity index (χ0) is 7.97. The standard InChI is InChI=1S/C11H10O/c1-2-4-10-8(3-1)7-9-5-6-11(9)12-10/h1-4,7,11H,5-6H2. The second-order valence-corrected chi connectivity index (χ2v) is 3.40. The van der Waals surface area contributed by atoms with Crippen LogP contribution < -0.4 is 4.74 Å². The number of para-hydroxylation sites is 1. The molecule has 1 aliphatic carbocycles. The Balaban J connectivity index is 2.14. The number of hydrogen-bond donors (Lipinski definition) is 0. The monoisotopic (exact) mass is 158 g/mol. The molecule has 1 saturated carbocycles. The van der Waals surface area contributed by atoms with Gasteiger partial charge in [0.15, 0.2) is 0 Å². The minimum Gasteiger partial charge on any atom is -0.485 e. The topological polar surface area (TPSA) is 9.23 Å². The van der Waals surface area contributed by atoms with Gasteiger partial charge in [0.2, 0.25) is 0 Å². The van der Waals surface area contributed by atoms with Crippen LogP contribution in [0.25, 0.3) is 6.08 Å². The first-order chi connectivity index (χ1) is 5.93. The lowest BCUT2D eigenvalue weighted by molar-refractivity contribution is 0.179. The Labute approximate surface area is 71.7 Å². The molecular weight excluding hydrogens is 148 g/mol. The van der Waals surface area contributed by atoms with Crippen LogP contribution in [0.4, 0.5) is 0 Å². The molecule has 1 aromatic carbocycles. The highest BCUT2D eigenvalue weighted by atomic mass is 16.5. The van der Waals surface area contributed by atoms with Gasteiger partial charge in [-0.1, -0.05) is 18.2 Å². The predicted octanol–water partition coefficient (Wildman–Crippen LogP) is 2.62. The summed E-state index contributed by atoms with van der Waals surface area (Å²) in [7, 11) is 0. The van der Waals surface area contributed by atoms with Gasteiger partial charge in [0, 0.05) is 5.56 Å². The van der Waals surface area contributed by atoms with Crippen LogP contribution in [0, 0.1) is 0 Å². The van der Waals surface area contributed by atoms with E-state index >= 15 is 0 Å². The fraction of sp³-hybridized carbons (Fsp3) is 0.273. The smallest absolute Gasteiger partial charge is 0.127 e. The van der Waals surface area contributed by atoms with Gasteiger partial charge >= 0.3 is 0 Å². The number of fused-ring (bicyclic) bond motifs is 2. The SMILES string of the molecule is C1=C2CCC2Oc2ccccc21. The Morgan fingerprint density at radius 1 is 1.25 bits per heavy atom. The first-order valence-electron chi connectivity index (χ1n) is 4.40. The normalized spacial score (nSPS) is 24.3. The average Bonchev–Trinajstić information content (AvgIpc) is 2.09. The first kappa shape index (κ1) is 6.30. The molecule has 0 amide bonds. The molecular formula is C11H10O. The lowest BCUT2D eigenvalue weighted by Crippen LogP contribution is -2.30. The Kier molecular flexibility index (Phi) is 1.12. The van der Waals surface area contributed by atoms with Gasteiger partial charge < -0.3 is 4.74 Å². The fourth-order valence-corrected chi connectivity index (χ4v) is 1.79. The second-order valence-electron chi connectivity index (χ2n) is 3.40. The molecule has 1 heteroatoms. The van der Waals surface area contributed by atoms with Crippen molar-refractivity contribution in [3.63, 3.8) is 0 Å². The van der Waals surface area contributed by atoms with E-state index in [2.05, 4.69) is 18.2 Å². The van der Waals surface area contributed by atoms with Crippen molar-refractivity contribution in [1.82, 2.24) is 0 Å². The molecule has 0 saturated heterocycles. The molecule has 2 aliphatic rings. The van der Waals surface area contributed by atoms with Crippen molar-refractivity contribution in [2.24, 2.45) is 0 Å². The number of benzene rings is 1. The number of ether oxygens (including phenoxy) is 1. The lowest BCUT2D eigenvalue weighted by atomic mass is 9.85. The van der Waals surface area contributed by atoms with E-state index in [1.807, 2.05) is 12.1 Å². The van der Waals surface area contributed by atoms with E-state index in [0.29, 0.717) is 6.10 Å². The molecule has 60 valence electrons. The minimum absolute atomic E-state index is 0.403. The van der Waals surface area contributed by atoms with Crippen molar-refractivity contribution < 1.29 is 4.74 Å². The summed E-state index contributed by atoms with van der Waals surface area (Å²) < 4.78 is 5.76. The van der Waals surface area contributed by atoms with Crippen LogP contribution >= 0.6 is 0 Å². The highest BCUT2D eigenvalue weighted by Gasteiger charge is 2.29. The van der Waals surface area contributed by atoms with Crippen LogP contribution in [0.3, 0.4) is 0 Å². The highest BCUT2D eigenvalue weighted by Crippen LogP contribution is 2.38. The molecule has 0 aromatic heterocycles. The zero-order valence-electron chi connectivity index (χ0n) is 6.79. The summed E-state index contributed by atoms with van der Waals surface area (Å²) >= 11 is 0. The Morgan fingerprint density at radius 3 is 3.00 bits per heavy atom. The van der Waals surface area contributed by atoms with Gasteiger partial charge in [0.05, 0.1) is 0 Å². The van der Waals surface area contributed by atoms with Crippen LogP contribution in [0.15, 0.2) is 29.8 Å². The molecule has 0 radical (unpaired) electrons.